The van der Waals surface area contributed by atoms with Gasteiger partial charge in [-0.05, 0) is 44.2 Å². The van der Waals surface area contributed by atoms with E-state index in [1.54, 1.807) is 6.07 Å². The van der Waals surface area contributed by atoms with Crippen LogP contribution in [0.3, 0.4) is 0 Å². The maximum absolute atomic E-state index is 13.1. The molecule has 1 atom stereocenters. The smallest absolute Gasteiger partial charge is 0.277 e. The number of aromatic nitrogens is 2. The fraction of sp³-hybridized carbons (Fsp3) is 0.450. The highest BCUT2D eigenvalue weighted by atomic mass is 16.2. The lowest BCUT2D eigenvalue weighted by Crippen LogP contribution is -2.36. The molecule has 25 heavy (non-hydrogen) atoms. The SMILES string of the molecule is Cc1nc(NCCC(C)C)cc(C(=O)N2c3ccccc3CC2C)n1. The van der Waals surface area contributed by atoms with Crippen LogP contribution in [-0.2, 0) is 6.42 Å². The number of hydrogen-bond donors (Lipinski definition) is 1. The van der Waals surface area contributed by atoms with Crippen molar-refractivity contribution in [2.45, 2.75) is 46.6 Å². The summed E-state index contributed by atoms with van der Waals surface area (Å²) in [6.45, 7) is 9.12. The van der Waals surface area contributed by atoms with Gasteiger partial charge in [-0.15, -0.1) is 0 Å². The van der Waals surface area contributed by atoms with Crippen LogP contribution in [-0.4, -0.2) is 28.5 Å². The van der Waals surface area contributed by atoms with E-state index in [4.69, 9.17) is 0 Å². The quantitative estimate of drug-likeness (QED) is 0.900. The van der Waals surface area contributed by atoms with Crippen molar-refractivity contribution < 1.29 is 4.79 Å². The molecule has 1 unspecified atom stereocenters. The molecule has 2 aromatic rings. The Kier molecular flexibility index (Phi) is 5.02. The van der Waals surface area contributed by atoms with E-state index in [0.29, 0.717) is 17.4 Å². The lowest BCUT2D eigenvalue weighted by Gasteiger charge is -2.22. The van der Waals surface area contributed by atoms with Gasteiger partial charge < -0.3 is 10.2 Å². The van der Waals surface area contributed by atoms with E-state index < -0.39 is 0 Å². The summed E-state index contributed by atoms with van der Waals surface area (Å²) in [5.74, 6) is 1.89. The maximum Gasteiger partial charge on any atom is 0.277 e. The van der Waals surface area contributed by atoms with Crippen LogP contribution in [0.4, 0.5) is 11.5 Å². The normalized spacial score (nSPS) is 16.2. The molecule has 132 valence electrons. The van der Waals surface area contributed by atoms with Crippen molar-refractivity contribution in [1.82, 2.24) is 9.97 Å². The van der Waals surface area contributed by atoms with Crippen LogP contribution in [0.2, 0.25) is 0 Å². The number of hydrogen-bond acceptors (Lipinski definition) is 4. The third kappa shape index (κ3) is 3.81. The van der Waals surface area contributed by atoms with Crippen molar-refractivity contribution >= 4 is 17.4 Å². The minimum absolute atomic E-state index is 0.0603. The van der Waals surface area contributed by atoms with Crippen LogP contribution in [0.5, 0.6) is 0 Å². The van der Waals surface area contributed by atoms with E-state index in [1.165, 1.54) is 5.56 Å². The number of nitrogens with zero attached hydrogens (tertiary/aromatic N) is 3. The van der Waals surface area contributed by atoms with Crippen LogP contribution < -0.4 is 10.2 Å². The van der Waals surface area contributed by atoms with E-state index in [0.717, 1.165) is 30.9 Å². The summed E-state index contributed by atoms with van der Waals surface area (Å²) < 4.78 is 0. The average molecular weight is 338 g/mol. The van der Waals surface area contributed by atoms with Crippen molar-refractivity contribution in [1.29, 1.82) is 0 Å². The second-order valence-electron chi connectivity index (χ2n) is 7.15. The molecule has 0 spiro atoms. The van der Waals surface area contributed by atoms with Crippen molar-refractivity contribution in [3.05, 3.63) is 47.4 Å². The van der Waals surface area contributed by atoms with Crippen molar-refractivity contribution in [2.75, 3.05) is 16.8 Å². The summed E-state index contributed by atoms with van der Waals surface area (Å²) in [5.41, 5.74) is 2.65. The van der Waals surface area contributed by atoms with Crippen molar-refractivity contribution in [3.63, 3.8) is 0 Å². The number of nitrogens with one attached hydrogen (secondary N) is 1. The molecule has 0 bridgehead atoms. The molecule has 0 saturated heterocycles. The molecule has 0 saturated carbocycles. The third-order valence-electron chi connectivity index (χ3n) is 4.51. The molecule has 1 amide bonds. The van der Waals surface area contributed by atoms with E-state index in [-0.39, 0.29) is 11.9 Å². The first-order valence-corrected chi connectivity index (χ1v) is 8.96. The zero-order valence-corrected chi connectivity index (χ0v) is 15.4. The van der Waals surface area contributed by atoms with Crippen LogP contribution >= 0.6 is 0 Å². The molecule has 0 aliphatic carbocycles. The highest BCUT2D eigenvalue weighted by Crippen LogP contribution is 2.33. The van der Waals surface area contributed by atoms with Crippen LogP contribution in [0.25, 0.3) is 0 Å². The number of carbonyl (C=O) groups is 1. The molecule has 5 nitrogen and oxygen atoms in total. The van der Waals surface area contributed by atoms with Crippen molar-refractivity contribution in [3.8, 4) is 0 Å². The second kappa shape index (κ2) is 7.21. The highest BCUT2D eigenvalue weighted by molar-refractivity contribution is 6.06. The number of aryl methyl sites for hydroxylation is 1. The number of anilines is 2. The molecular weight excluding hydrogens is 312 g/mol. The van der Waals surface area contributed by atoms with Gasteiger partial charge in [-0.3, -0.25) is 4.79 Å². The van der Waals surface area contributed by atoms with Gasteiger partial charge in [-0.25, -0.2) is 9.97 Å². The van der Waals surface area contributed by atoms with E-state index in [9.17, 15) is 4.79 Å². The molecule has 1 aromatic heterocycles. The van der Waals surface area contributed by atoms with E-state index >= 15 is 0 Å². The zero-order valence-electron chi connectivity index (χ0n) is 15.4. The van der Waals surface area contributed by atoms with Gasteiger partial charge in [0.15, 0.2) is 0 Å². The predicted molar refractivity (Wildman–Crippen MR) is 101 cm³/mol. The zero-order chi connectivity index (χ0) is 18.0. The topological polar surface area (TPSA) is 58.1 Å². The molecule has 0 fully saturated rings. The predicted octanol–water partition coefficient (Wildman–Crippen LogP) is 3.83. The largest absolute Gasteiger partial charge is 0.370 e. The van der Waals surface area contributed by atoms with Crippen LogP contribution in [0.15, 0.2) is 30.3 Å². The van der Waals surface area contributed by atoms with Gasteiger partial charge in [0.05, 0.1) is 0 Å². The molecule has 1 aliphatic rings. The Morgan fingerprint density at radius 1 is 1.32 bits per heavy atom. The Morgan fingerprint density at radius 2 is 2.08 bits per heavy atom. The molecule has 5 heteroatoms. The first kappa shape index (κ1) is 17.4. The molecule has 3 rings (SSSR count). The fourth-order valence-corrected chi connectivity index (χ4v) is 3.26. The number of benzene rings is 1. The number of para-hydroxylation sites is 1. The molecular formula is C20H26N4O. The lowest BCUT2D eigenvalue weighted by molar-refractivity contribution is 0.0976. The number of fused-ring (bicyclic) bond motifs is 1. The minimum atomic E-state index is -0.0603. The van der Waals surface area contributed by atoms with Gasteiger partial charge >= 0.3 is 0 Å². The fourth-order valence-electron chi connectivity index (χ4n) is 3.26. The monoisotopic (exact) mass is 338 g/mol. The van der Waals surface area contributed by atoms with E-state index in [1.807, 2.05) is 30.0 Å². The second-order valence-corrected chi connectivity index (χ2v) is 7.15. The van der Waals surface area contributed by atoms with E-state index in [2.05, 4.69) is 42.1 Å². The summed E-state index contributed by atoms with van der Waals surface area (Å²) in [5, 5.41) is 3.31. The maximum atomic E-state index is 13.1. The summed E-state index contributed by atoms with van der Waals surface area (Å²) in [6, 6.07) is 9.99. The number of rotatable bonds is 5. The van der Waals surface area contributed by atoms with Gasteiger partial charge in [-0.1, -0.05) is 32.0 Å². The summed E-state index contributed by atoms with van der Waals surface area (Å²) in [4.78, 5) is 23.8. The van der Waals surface area contributed by atoms with Gasteiger partial charge in [0.1, 0.15) is 17.3 Å². The summed E-state index contributed by atoms with van der Waals surface area (Å²) in [7, 11) is 0. The van der Waals surface area contributed by atoms with Gasteiger partial charge in [-0.2, -0.15) is 0 Å². The van der Waals surface area contributed by atoms with Gasteiger partial charge in [0.2, 0.25) is 0 Å². The Hall–Kier alpha value is -2.43. The Morgan fingerprint density at radius 3 is 2.84 bits per heavy atom. The third-order valence-corrected chi connectivity index (χ3v) is 4.51. The number of amides is 1. The average Bonchev–Trinajstić information content (AvgIpc) is 2.89. The molecule has 1 aromatic carbocycles. The molecule has 1 N–H and O–H groups in total. The number of carbonyl (C=O) groups excluding carboxylic acids is 1. The highest BCUT2D eigenvalue weighted by Gasteiger charge is 2.32. The minimum Gasteiger partial charge on any atom is -0.370 e. The lowest BCUT2D eigenvalue weighted by atomic mass is 10.1. The van der Waals surface area contributed by atoms with Crippen LogP contribution in [0, 0.1) is 12.8 Å². The molecule has 1 aliphatic heterocycles. The molecule has 2 heterocycles. The summed E-state index contributed by atoms with van der Waals surface area (Å²) >= 11 is 0. The Balaban J connectivity index is 1.84. The van der Waals surface area contributed by atoms with Gasteiger partial charge in [0, 0.05) is 24.3 Å². The Bertz CT molecular complexity index is 772. The first-order chi connectivity index (χ1) is 12.0. The first-order valence-electron chi connectivity index (χ1n) is 8.96. The Labute approximate surface area is 149 Å². The standard InChI is InChI=1S/C20H26N4O/c1-13(2)9-10-21-19-12-17(22-15(4)23-19)20(25)24-14(3)11-16-7-5-6-8-18(16)24/h5-8,12-14H,9-11H2,1-4H3,(H,21,22,23). The summed E-state index contributed by atoms with van der Waals surface area (Å²) in [6.07, 6.45) is 1.94. The van der Waals surface area contributed by atoms with Gasteiger partial charge in [0.25, 0.3) is 5.91 Å². The van der Waals surface area contributed by atoms with Crippen molar-refractivity contribution in [2.24, 2.45) is 5.92 Å². The molecule has 0 radical (unpaired) electrons. The van der Waals surface area contributed by atoms with Crippen LogP contribution in [0.1, 0.15) is 49.1 Å².